The highest BCUT2D eigenvalue weighted by Crippen LogP contribution is 2.21. The van der Waals surface area contributed by atoms with Gasteiger partial charge in [-0.05, 0) is 43.7 Å². The summed E-state index contributed by atoms with van der Waals surface area (Å²) < 4.78 is 5.24. The third-order valence-electron chi connectivity index (χ3n) is 3.12. The van der Waals surface area contributed by atoms with Crippen molar-refractivity contribution in [3.05, 3.63) is 59.7 Å². The third-order valence-corrected chi connectivity index (χ3v) is 3.12. The molecule has 102 valence electrons. The molecule has 20 heavy (non-hydrogen) atoms. The van der Waals surface area contributed by atoms with E-state index in [-0.39, 0.29) is 12.6 Å². The average Bonchev–Trinajstić information content (AvgIpc) is 2.48. The van der Waals surface area contributed by atoms with Crippen molar-refractivity contribution in [2.75, 3.05) is 11.9 Å². The zero-order valence-corrected chi connectivity index (χ0v) is 11.8. The van der Waals surface area contributed by atoms with Crippen LogP contribution in [-0.2, 0) is 0 Å². The van der Waals surface area contributed by atoms with E-state index in [0.29, 0.717) is 0 Å². The van der Waals surface area contributed by atoms with Gasteiger partial charge in [0, 0.05) is 11.7 Å². The maximum atomic E-state index is 8.47. The van der Waals surface area contributed by atoms with Crippen molar-refractivity contribution in [2.24, 2.45) is 0 Å². The van der Waals surface area contributed by atoms with Gasteiger partial charge >= 0.3 is 0 Å². The minimum Gasteiger partial charge on any atom is -0.479 e. The van der Waals surface area contributed by atoms with Gasteiger partial charge in [0.1, 0.15) is 11.8 Å². The maximum Gasteiger partial charge on any atom is 0.174 e. The van der Waals surface area contributed by atoms with Gasteiger partial charge < -0.3 is 10.1 Å². The highest BCUT2D eigenvalue weighted by molar-refractivity contribution is 5.46. The molecular formula is C17H18N2O. The Labute approximate surface area is 119 Å². The Kier molecular flexibility index (Phi) is 4.62. The Balaban J connectivity index is 2.00. The number of nitrogens with one attached hydrogen (secondary N) is 1. The number of aryl methyl sites for hydroxylation is 1. The lowest BCUT2D eigenvalue weighted by atomic mass is 10.1. The summed E-state index contributed by atoms with van der Waals surface area (Å²) >= 11 is 0. The second-order valence-electron chi connectivity index (χ2n) is 4.75. The first-order chi connectivity index (χ1) is 9.69. The Morgan fingerprint density at radius 2 is 1.75 bits per heavy atom. The average molecular weight is 266 g/mol. The summed E-state index contributed by atoms with van der Waals surface area (Å²) in [7, 11) is 0. The second-order valence-corrected chi connectivity index (χ2v) is 4.75. The number of benzene rings is 2. The van der Waals surface area contributed by atoms with Crippen LogP contribution in [0.3, 0.4) is 0 Å². The summed E-state index contributed by atoms with van der Waals surface area (Å²) in [5, 5.41) is 11.9. The molecule has 0 radical (unpaired) electrons. The summed E-state index contributed by atoms with van der Waals surface area (Å²) in [5.41, 5.74) is 3.53. The number of rotatable bonds is 5. The molecule has 1 N–H and O–H groups in total. The van der Waals surface area contributed by atoms with Crippen LogP contribution in [0, 0.1) is 18.3 Å². The highest BCUT2D eigenvalue weighted by Gasteiger charge is 2.05. The molecule has 1 atom stereocenters. The van der Waals surface area contributed by atoms with Gasteiger partial charge in [-0.25, -0.2) is 0 Å². The van der Waals surface area contributed by atoms with E-state index < -0.39 is 0 Å². The van der Waals surface area contributed by atoms with Crippen molar-refractivity contribution in [1.29, 1.82) is 5.26 Å². The van der Waals surface area contributed by atoms with Gasteiger partial charge in [-0.15, -0.1) is 0 Å². The fourth-order valence-electron chi connectivity index (χ4n) is 1.95. The summed E-state index contributed by atoms with van der Waals surface area (Å²) in [4.78, 5) is 0. The van der Waals surface area contributed by atoms with E-state index in [1.165, 1.54) is 11.1 Å². The largest absolute Gasteiger partial charge is 0.479 e. The highest BCUT2D eigenvalue weighted by atomic mass is 16.5. The lowest BCUT2D eigenvalue weighted by Gasteiger charge is -2.16. The third kappa shape index (κ3) is 3.76. The van der Waals surface area contributed by atoms with Crippen molar-refractivity contribution in [2.45, 2.75) is 19.9 Å². The van der Waals surface area contributed by atoms with Crippen molar-refractivity contribution in [3.8, 4) is 11.8 Å². The number of anilines is 1. The summed E-state index contributed by atoms with van der Waals surface area (Å²) in [6.45, 7) is 4.27. The molecule has 0 saturated carbocycles. The van der Waals surface area contributed by atoms with Crippen molar-refractivity contribution < 1.29 is 4.74 Å². The summed E-state index contributed by atoms with van der Waals surface area (Å²) in [6, 6.07) is 18.3. The van der Waals surface area contributed by atoms with Gasteiger partial charge in [-0.1, -0.05) is 29.8 Å². The molecule has 2 aromatic rings. The molecule has 0 amide bonds. The van der Waals surface area contributed by atoms with Crippen LogP contribution in [-0.4, -0.2) is 6.61 Å². The molecule has 3 heteroatoms. The molecule has 0 fully saturated rings. The first-order valence-corrected chi connectivity index (χ1v) is 6.62. The smallest absolute Gasteiger partial charge is 0.174 e. The van der Waals surface area contributed by atoms with E-state index in [0.717, 1.165) is 11.4 Å². The van der Waals surface area contributed by atoms with E-state index in [2.05, 4.69) is 43.4 Å². The van der Waals surface area contributed by atoms with Crippen LogP contribution in [0.5, 0.6) is 5.75 Å². The van der Waals surface area contributed by atoms with Crippen LogP contribution in [0.25, 0.3) is 0 Å². The Bertz CT molecular complexity index is 582. The van der Waals surface area contributed by atoms with Crippen LogP contribution >= 0.6 is 0 Å². The van der Waals surface area contributed by atoms with Gasteiger partial charge in [0.15, 0.2) is 6.61 Å². The fraction of sp³-hybridized carbons (Fsp3) is 0.235. The minimum atomic E-state index is 0.0799. The minimum absolute atomic E-state index is 0.0799. The Morgan fingerprint density at radius 3 is 2.35 bits per heavy atom. The number of ether oxygens (including phenoxy) is 1. The monoisotopic (exact) mass is 266 g/mol. The lowest BCUT2D eigenvalue weighted by Crippen LogP contribution is -2.06. The topological polar surface area (TPSA) is 45.0 Å². The molecule has 0 bridgehead atoms. The standard InChI is InChI=1S/C17H18N2O/c1-13-3-7-16(8-4-13)19-14(2)15-5-9-17(10-6-15)20-12-11-18/h3-10,14,19H,12H2,1-2H3. The summed E-state index contributed by atoms with van der Waals surface area (Å²) in [5.74, 6) is 0.720. The fourth-order valence-corrected chi connectivity index (χ4v) is 1.95. The number of hydrogen-bond acceptors (Lipinski definition) is 3. The Hall–Kier alpha value is -2.47. The van der Waals surface area contributed by atoms with E-state index in [1.54, 1.807) is 0 Å². The quantitative estimate of drug-likeness (QED) is 0.887. The number of nitrogens with zero attached hydrogens (tertiary/aromatic N) is 1. The van der Waals surface area contributed by atoms with E-state index in [4.69, 9.17) is 10.00 Å². The maximum absolute atomic E-state index is 8.47. The molecule has 0 heterocycles. The first kappa shape index (κ1) is 14.0. The van der Waals surface area contributed by atoms with Gasteiger partial charge in [-0.3, -0.25) is 0 Å². The van der Waals surface area contributed by atoms with Crippen LogP contribution in [0.2, 0.25) is 0 Å². The van der Waals surface area contributed by atoms with Gasteiger partial charge in [0.05, 0.1) is 0 Å². The van der Waals surface area contributed by atoms with Crippen molar-refractivity contribution >= 4 is 5.69 Å². The van der Waals surface area contributed by atoms with Crippen LogP contribution < -0.4 is 10.1 Å². The summed E-state index contributed by atoms with van der Waals surface area (Å²) in [6.07, 6.45) is 0. The van der Waals surface area contributed by atoms with Crippen molar-refractivity contribution in [3.63, 3.8) is 0 Å². The molecule has 0 spiro atoms. The predicted molar refractivity (Wildman–Crippen MR) is 80.8 cm³/mol. The first-order valence-electron chi connectivity index (χ1n) is 6.62. The van der Waals surface area contributed by atoms with Gasteiger partial charge in [-0.2, -0.15) is 5.26 Å². The number of nitriles is 1. The molecule has 3 nitrogen and oxygen atoms in total. The lowest BCUT2D eigenvalue weighted by molar-refractivity contribution is 0.368. The second kappa shape index (κ2) is 6.63. The molecule has 0 saturated heterocycles. The van der Waals surface area contributed by atoms with Crippen LogP contribution in [0.4, 0.5) is 5.69 Å². The predicted octanol–water partition coefficient (Wildman–Crippen LogP) is 4.07. The Morgan fingerprint density at radius 1 is 1.10 bits per heavy atom. The van der Waals surface area contributed by atoms with E-state index in [1.807, 2.05) is 30.3 Å². The zero-order valence-electron chi connectivity index (χ0n) is 11.8. The molecule has 1 unspecified atom stereocenters. The van der Waals surface area contributed by atoms with E-state index >= 15 is 0 Å². The molecule has 2 rings (SSSR count). The van der Waals surface area contributed by atoms with Crippen molar-refractivity contribution in [1.82, 2.24) is 0 Å². The van der Waals surface area contributed by atoms with E-state index in [9.17, 15) is 0 Å². The van der Waals surface area contributed by atoms with Gasteiger partial charge in [0.25, 0.3) is 0 Å². The molecule has 2 aromatic carbocycles. The molecule has 0 aliphatic carbocycles. The zero-order chi connectivity index (χ0) is 14.4. The SMILES string of the molecule is Cc1ccc(NC(C)c2ccc(OCC#N)cc2)cc1. The van der Waals surface area contributed by atoms with Crippen LogP contribution in [0.1, 0.15) is 24.1 Å². The molecule has 0 aromatic heterocycles. The molecule has 0 aliphatic heterocycles. The molecular weight excluding hydrogens is 248 g/mol. The number of hydrogen-bond donors (Lipinski definition) is 1. The molecule has 0 aliphatic rings. The van der Waals surface area contributed by atoms with Crippen LogP contribution in [0.15, 0.2) is 48.5 Å². The normalized spacial score (nSPS) is 11.4. The van der Waals surface area contributed by atoms with Gasteiger partial charge in [0.2, 0.25) is 0 Å².